The first kappa shape index (κ1) is 10.2. The van der Waals surface area contributed by atoms with Crippen LogP contribution in [0.2, 0.25) is 0 Å². The van der Waals surface area contributed by atoms with Crippen LogP contribution in [0.5, 0.6) is 0 Å². The summed E-state index contributed by atoms with van der Waals surface area (Å²) < 4.78 is 2.22. The minimum atomic E-state index is 1.09. The Kier molecular flexibility index (Phi) is 6.03. The van der Waals surface area contributed by atoms with E-state index < -0.39 is 0 Å². The van der Waals surface area contributed by atoms with Crippen molar-refractivity contribution in [3.05, 3.63) is 33.3 Å². The molecule has 0 heterocycles. The summed E-state index contributed by atoms with van der Waals surface area (Å²) >= 11 is 6.68. The molecule has 0 nitrogen and oxygen atoms in total. The summed E-state index contributed by atoms with van der Waals surface area (Å²) in [6, 6.07) is 0. The van der Waals surface area contributed by atoms with Gasteiger partial charge in [0.05, 0.1) is 0 Å². The maximum absolute atomic E-state index is 3.36. The molecular formula is C8H10Br2. The number of allylic oxidation sites excluding steroid dienone is 6. The Morgan fingerprint density at radius 2 is 1.90 bits per heavy atom. The summed E-state index contributed by atoms with van der Waals surface area (Å²) in [5.74, 6) is 0. The average molecular weight is 266 g/mol. The van der Waals surface area contributed by atoms with Crippen molar-refractivity contribution in [2.24, 2.45) is 0 Å². The Bertz CT molecular complexity index is 172. The molecule has 0 spiro atoms. The second-order valence-corrected chi connectivity index (χ2v) is 3.95. The molecule has 0 rings (SSSR count). The van der Waals surface area contributed by atoms with Crippen molar-refractivity contribution in [2.45, 2.75) is 13.8 Å². The molecule has 10 heavy (non-hydrogen) atoms. The van der Waals surface area contributed by atoms with Crippen molar-refractivity contribution in [3.63, 3.8) is 0 Å². The van der Waals surface area contributed by atoms with E-state index in [1.807, 2.05) is 38.2 Å². The molecule has 0 aromatic rings. The van der Waals surface area contributed by atoms with E-state index in [-0.39, 0.29) is 0 Å². The highest BCUT2D eigenvalue weighted by molar-refractivity contribution is 9.12. The predicted octanol–water partition coefficient (Wildman–Crippen LogP) is 4.14. The molecule has 0 aliphatic heterocycles. The fraction of sp³-hybridized carbons (Fsp3) is 0.250. The minimum absolute atomic E-state index is 1.09. The molecule has 0 aliphatic rings. The molecule has 0 aliphatic carbocycles. The highest BCUT2D eigenvalue weighted by Crippen LogP contribution is 2.07. The normalized spacial score (nSPS) is 14.8. The maximum atomic E-state index is 3.36. The van der Waals surface area contributed by atoms with E-state index in [0.717, 1.165) is 8.96 Å². The van der Waals surface area contributed by atoms with Gasteiger partial charge in [0.2, 0.25) is 0 Å². The molecule has 0 atom stereocenters. The van der Waals surface area contributed by atoms with E-state index in [2.05, 4.69) is 31.9 Å². The molecule has 0 fully saturated rings. The van der Waals surface area contributed by atoms with Crippen LogP contribution < -0.4 is 0 Å². The third kappa shape index (κ3) is 6.30. The minimum Gasteiger partial charge on any atom is -0.0734 e. The number of hydrogen-bond donors (Lipinski definition) is 0. The fourth-order valence-corrected chi connectivity index (χ4v) is 0.674. The Hall–Kier alpha value is 0.180. The lowest BCUT2D eigenvalue weighted by atomic mass is 10.4. The molecule has 2 heteroatoms. The van der Waals surface area contributed by atoms with Crippen LogP contribution in [-0.2, 0) is 0 Å². The lowest BCUT2D eigenvalue weighted by Crippen LogP contribution is -1.58. The fourth-order valence-electron chi connectivity index (χ4n) is 0.369. The van der Waals surface area contributed by atoms with Gasteiger partial charge in [0, 0.05) is 4.48 Å². The molecule has 0 N–H and O–H groups in total. The van der Waals surface area contributed by atoms with Crippen LogP contribution in [0.3, 0.4) is 0 Å². The summed E-state index contributed by atoms with van der Waals surface area (Å²) in [5, 5.41) is 0. The third-order valence-electron chi connectivity index (χ3n) is 0.857. The van der Waals surface area contributed by atoms with Gasteiger partial charge in [0.25, 0.3) is 0 Å². The van der Waals surface area contributed by atoms with Gasteiger partial charge in [-0.15, -0.1) is 0 Å². The van der Waals surface area contributed by atoms with Gasteiger partial charge in [-0.05, 0) is 24.4 Å². The first-order valence-electron chi connectivity index (χ1n) is 2.99. The highest BCUT2D eigenvalue weighted by Gasteiger charge is 1.77. The topological polar surface area (TPSA) is 0 Å². The van der Waals surface area contributed by atoms with E-state index >= 15 is 0 Å². The number of rotatable bonds is 2. The maximum Gasteiger partial charge on any atom is 0.0132 e. The summed E-state index contributed by atoms with van der Waals surface area (Å²) in [6.45, 7) is 3.98. The SMILES string of the molecule is CC=C(Br)/C=C\C=C(/C)Br. The standard InChI is InChI=1S/C8H10Br2/c1-3-8(10)6-4-5-7(2)9/h3-6H,1-2H3/b6-4-,7-5+,8-3?. The lowest BCUT2D eigenvalue weighted by molar-refractivity contribution is 1.67. The number of halogens is 2. The molecule has 0 saturated heterocycles. The van der Waals surface area contributed by atoms with Crippen LogP contribution >= 0.6 is 31.9 Å². The molecular weight excluding hydrogens is 256 g/mol. The van der Waals surface area contributed by atoms with Crippen molar-refractivity contribution in [2.75, 3.05) is 0 Å². The zero-order valence-corrected chi connectivity index (χ0v) is 9.24. The Balaban J connectivity index is 3.90. The molecule has 0 aromatic carbocycles. The predicted molar refractivity (Wildman–Crippen MR) is 54.5 cm³/mol. The monoisotopic (exact) mass is 264 g/mol. The van der Waals surface area contributed by atoms with Crippen LogP contribution in [0.1, 0.15) is 13.8 Å². The van der Waals surface area contributed by atoms with Gasteiger partial charge < -0.3 is 0 Å². The first-order chi connectivity index (χ1) is 4.66. The smallest absolute Gasteiger partial charge is 0.0132 e. The third-order valence-corrected chi connectivity index (χ3v) is 1.84. The summed E-state index contributed by atoms with van der Waals surface area (Å²) in [4.78, 5) is 0. The van der Waals surface area contributed by atoms with E-state index in [4.69, 9.17) is 0 Å². The molecule has 0 aromatic heterocycles. The van der Waals surface area contributed by atoms with Gasteiger partial charge in [-0.1, -0.05) is 50.1 Å². The molecule has 0 bridgehead atoms. The van der Waals surface area contributed by atoms with Crippen LogP contribution in [0.15, 0.2) is 33.3 Å². The lowest BCUT2D eigenvalue weighted by Gasteiger charge is -1.83. The molecule has 56 valence electrons. The first-order valence-corrected chi connectivity index (χ1v) is 4.57. The van der Waals surface area contributed by atoms with Gasteiger partial charge in [-0.2, -0.15) is 0 Å². The summed E-state index contributed by atoms with van der Waals surface area (Å²) in [7, 11) is 0. The van der Waals surface area contributed by atoms with Crippen LogP contribution in [0, 0.1) is 0 Å². The van der Waals surface area contributed by atoms with E-state index in [9.17, 15) is 0 Å². The quantitative estimate of drug-likeness (QED) is 0.659. The van der Waals surface area contributed by atoms with Gasteiger partial charge in [-0.3, -0.25) is 0 Å². The van der Waals surface area contributed by atoms with Crippen molar-refractivity contribution in [3.8, 4) is 0 Å². The Morgan fingerprint density at radius 3 is 2.30 bits per heavy atom. The zero-order valence-electron chi connectivity index (χ0n) is 6.07. The Labute approximate surface area is 79.0 Å². The van der Waals surface area contributed by atoms with Crippen molar-refractivity contribution in [1.82, 2.24) is 0 Å². The summed E-state index contributed by atoms with van der Waals surface area (Å²) in [6.07, 6.45) is 7.96. The second kappa shape index (κ2) is 5.93. The van der Waals surface area contributed by atoms with Crippen LogP contribution in [-0.4, -0.2) is 0 Å². The molecule has 0 radical (unpaired) electrons. The van der Waals surface area contributed by atoms with Gasteiger partial charge in [-0.25, -0.2) is 0 Å². The van der Waals surface area contributed by atoms with E-state index in [1.54, 1.807) is 0 Å². The van der Waals surface area contributed by atoms with Crippen LogP contribution in [0.4, 0.5) is 0 Å². The van der Waals surface area contributed by atoms with Crippen molar-refractivity contribution < 1.29 is 0 Å². The van der Waals surface area contributed by atoms with E-state index in [1.165, 1.54) is 0 Å². The highest BCUT2D eigenvalue weighted by atomic mass is 79.9. The van der Waals surface area contributed by atoms with Gasteiger partial charge >= 0.3 is 0 Å². The number of hydrogen-bond acceptors (Lipinski definition) is 0. The Morgan fingerprint density at radius 1 is 1.30 bits per heavy atom. The molecule has 0 unspecified atom stereocenters. The second-order valence-electron chi connectivity index (χ2n) is 1.79. The molecule has 0 saturated carbocycles. The largest absolute Gasteiger partial charge is 0.0734 e. The van der Waals surface area contributed by atoms with Crippen molar-refractivity contribution in [1.29, 1.82) is 0 Å². The zero-order chi connectivity index (χ0) is 7.98. The van der Waals surface area contributed by atoms with Crippen LogP contribution in [0.25, 0.3) is 0 Å². The van der Waals surface area contributed by atoms with Crippen molar-refractivity contribution >= 4 is 31.9 Å². The van der Waals surface area contributed by atoms with E-state index in [0.29, 0.717) is 0 Å². The van der Waals surface area contributed by atoms with Gasteiger partial charge in [0.15, 0.2) is 0 Å². The molecule has 0 amide bonds. The van der Waals surface area contributed by atoms with Gasteiger partial charge in [0.1, 0.15) is 0 Å². The summed E-state index contributed by atoms with van der Waals surface area (Å²) in [5.41, 5.74) is 0. The average Bonchev–Trinajstić information content (AvgIpc) is 1.87.